The summed E-state index contributed by atoms with van der Waals surface area (Å²) in [5.74, 6) is 0.446. The fourth-order valence-corrected chi connectivity index (χ4v) is 3.20. The van der Waals surface area contributed by atoms with Gasteiger partial charge < -0.3 is 15.4 Å². The summed E-state index contributed by atoms with van der Waals surface area (Å²) < 4.78 is 30.6. The first-order valence-electron chi connectivity index (χ1n) is 7.62. The number of ether oxygens (including phenoxy) is 1. The number of nitrogens with one attached hydrogen (secondary N) is 2. The average molecular weight is 363 g/mol. The molecular formula is C17H21N3O4S. The van der Waals surface area contributed by atoms with Gasteiger partial charge in [0.05, 0.1) is 25.6 Å². The van der Waals surface area contributed by atoms with Crippen LogP contribution in [0, 0.1) is 0 Å². The lowest BCUT2D eigenvalue weighted by Gasteiger charge is -2.24. The largest absolute Gasteiger partial charge is 0.495 e. The Labute approximate surface area is 147 Å². The first-order chi connectivity index (χ1) is 11.9. The molecule has 0 saturated heterocycles. The number of carbonyl (C=O) groups excluding carboxylic acids is 1. The molecule has 0 bridgehead atoms. The summed E-state index contributed by atoms with van der Waals surface area (Å²) in [6, 6.07) is 15.4. The van der Waals surface area contributed by atoms with Crippen LogP contribution in [0.4, 0.5) is 16.2 Å². The summed E-state index contributed by atoms with van der Waals surface area (Å²) in [5, 5.41) is 5.32. The second-order valence-electron chi connectivity index (χ2n) is 5.25. The fourth-order valence-electron chi connectivity index (χ4n) is 2.27. The Morgan fingerprint density at radius 3 is 2.36 bits per heavy atom. The van der Waals surface area contributed by atoms with Gasteiger partial charge in [0.2, 0.25) is 10.0 Å². The van der Waals surface area contributed by atoms with Crippen molar-refractivity contribution in [1.29, 1.82) is 0 Å². The van der Waals surface area contributed by atoms with E-state index in [1.54, 1.807) is 36.4 Å². The molecule has 134 valence electrons. The molecule has 0 fully saturated rings. The van der Waals surface area contributed by atoms with Gasteiger partial charge in [0.25, 0.3) is 0 Å². The predicted octanol–water partition coefficient (Wildman–Crippen LogP) is 2.28. The van der Waals surface area contributed by atoms with Crippen LogP contribution in [0.25, 0.3) is 0 Å². The number of anilines is 2. The van der Waals surface area contributed by atoms with E-state index in [-0.39, 0.29) is 13.1 Å². The van der Waals surface area contributed by atoms with E-state index in [2.05, 4.69) is 10.6 Å². The first-order valence-corrected chi connectivity index (χ1v) is 9.47. The van der Waals surface area contributed by atoms with E-state index < -0.39 is 16.1 Å². The molecule has 25 heavy (non-hydrogen) atoms. The average Bonchev–Trinajstić information content (AvgIpc) is 2.58. The maximum absolute atomic E-state index is 12.1. The fraction of sp³-hybridized carbons (Fsp3) is 0.235. The topological polar surface area (TPSA) is 87.7 Å². The summed E-state index contributed by atoms with van der Waals surface area (Å²) in [6.45, 7) is 0.227. The molecule has 7 nitrogen and oxygen atoms in total. The Morgan fingerprint density at radius 2 is 1.72 bits per heavy atom. The van der Waals surface area contributed by atoms with Gasteiger partial charge in [-0.25, -0.2) is 13.2 Å². The van der Waals surface area contributed by atoms with Crippen LogP contribution in [0.5, 0.6) is 5.75 Å². The molecule has 0 aliphatic heterocycles. The number of para-hydroxylation sites is 3. The highest BCUT2D eigenvalue weighted by atomic mass is 32.2. The Hall–Kier alpha value is -2.74. The maximum Gasteiger partial charge on any atom is 0.319 e. The van der Waals surface area contributed by atoms with Gasteiger partial charge in [0, 0.05) is 12.2 Å². The second kappa shape index (κ2) is 8.39. The minimum absolute atomic E-state index is 0.0847. The quantitative estimate of drug-likeness (QED) is 0.790. The molecule has 0 spiro atoms. The molecule has 0 saturated carbocycles. The van der Waals surface area contributed by atoms with Crippen molar-refractivity contribution in [3.8, 4) is 5.75 Å². The third-order valence-electron chi connectivity index (χ3n) is 3.39. The minimum Gasteiger partial charge on any atom is -0.495 e. The minimum atomic E-state index is -3.53. The molecule has 8 heteroatoms. The van der Waals surface area contributed by atoms with Crippen LogP contribution in [0.15, 0.2) is 54.6 Å². The number of sulfonamides is 1. The molecule has 2 aromatic carbocycles. The summed E-state index contributed by atoms with van der Waals surface area (Å²) in [6.07, 6.45) is 1.11. The van der Waals surface area contributed by atoms with Gasteiger partial charge >= 0.3 is 6.03 Å². The van der Waals surface area contributed by atoms with Crippen molar-refractivity contribution in [1.82, 2.24) is 5.32 Å². The third kappa shape index (κ3) is 5.39. The SMILES string of the molecule is COc1ccccc1N(CCNC(=O)Nc1ccccc1)S(C)(=O)=O. The molecule has 2 amide bonds. The molecule has 0 heterocycles. The zero-order chi connectivity index (χ0) is 18.3. The standard InChI is InChI=1S/C17H21N3O4S/c1-24-16-11-7-6-10-15(16)20(25(2,22)23)13-12-18-17(21)19-14-8-4-3-5-9-14/h3-11H,12-13H2,1-2H3,(H2,18,19,21). The molecule has 0 radical (unpaired) electrons. The lowest BCUT2D eigenvalue weighted by atomic mass is 10.3. The van der Waals surface area contributed by atoms with E-state index in [0.717, 1.165) is 6.26 Å². The van der Waals surface area contributed by atoms with Crippen molar-refractivity contribution in [2.45, 2.75) is 0 Å². The smallest absolute Gasteiger partial charge is 0.319 e. The van der Waals surface area contributed by atoms with Crippen molar-refractivity contribution in [3.05, 3.63) is 54.6 Å². The van der Waals surface area contributed by atoms with Gasteiger partial charge in [-0.3, -0.25) is 4.31 Å². The lowest BCUT2D eigenvalue weighted by molar-refractivity contribution is 0.252. The molecular weight excluding hydrogens is 342 g/mol. The van der Waals surface area contributed by atoms with Crippen molar-refractivity contribution in [3.63, 3.8) is 0 Å². The van der Waals surface area contributed by atoms with Gasteiger partial charge in [-0.15, -0.1) is 0 Å². The number of methoxy groups -OCH3 is 1. The lowest BCUT2D eigenvalue weighted by Crippen LogP contribution is -2.39. The third-order valence-corrected chi connectivity index (χ3v) is 4.57. The van der Waals surface area contributed by atoms with Gasteiger partial charge in [-0.1, -0.05) is 30.3 Å². The van der Waals surface area contributed by atoms with Gasteiger partial charge in [-0.2, -0.15) is 0 Å². The maximum atomic E-state index is 12.1. The molecule has 2 aromatic rings. The molecule has 2 N–H and O–H groups in total. The highest BCUT2D eigenvalue weighted by molar-refractivity contribution is 7.92. The molecule has 0 aliphatic rings. The van der Waals surface area contributed by atoms with Gasteiger partial charge in [-0.05, 0) is 24.3 Å². The van der Waals surface area contributed by atoms with Gasteiger partial charge in [0.1, 0.15) is 5.75 Å². The predicted molar refractivity (Wildman–Crippen MR) is 98.6 cm³/mol. The molecule has 0 unspecified atom stereocenters. The van der Waals surface area contributed by atoms with Crippen LogP contribution in [0.2, 0.25) is 0 Å². The molecule has 0 atom stereocenters. The van der Waals surface area contributed by atoms with E-state index in [1.165, 1.54) is 11.4 Å². The number of benzene rings is 2. The van der Waals surface area contributed by atoms with E-state index >= 15 is 0 Å². The highest BCUT2D eigenvalue weighted by Gasteiger charge is 2.20. The number of carbonyl (C=O) groups is 1. The van der Waals surface area contributed by atoms with Crippen molar-refractivity contribution >= 4 is 27.4 Å². The van der Waals surface area contributed by atoms with E-state index in [4.69, 9.17) is 4.74 Å². The summed E-state index contributed by atoms with van der Waals surface area (Å²) in [5.41, 5.74) is 1.09. The summed E-state index contributed by atoms with van der Waals surface area (Å²) in [4.78, 5) is 11.9. The number of urea groups is 1. The van der Waals surface area contributed by atoms with E-state index in [0.29, 0.717) is 17.1 Å². The van der Waals surface area contributed by atoms with Crippen molar-refractivity contribution in [2.24, 2.45) is 0 Å². The van der Waals surface area contributed by atoms with Crippen molar-refractivity contribution < 1.29 is 17.9 Å². The Balaban J connectivity index is 2.01. The van der Waals surface area contributed by atoms with Crippen LogP contribution >= 0.6 is 0 Å². The number of hydrogen-bond donors (Lipinski definition) is 2. The van der Waals surface area contributed by atoms with Crippen LogP contribution < -0.4 is 19.7 Å². The number of rotatable bonds is 7. The number of amides is 2. The number of nitrogens with zero attached hydrogens (tertiary/aromatic N) is 1. The first kappa shape index (κ1) is 18.6. The Morgan fingerprint density at radius 1 is 1.08 bits per heavy atom. The second-order valence-corrected chi connectivity index (χ2v) is 7.16. The van der Waals surface area contributed by atoms with Crippen LogP contribution in [0.1, 0.15) is 0 Å². The normalized spacial score (nSPS) is 10.8. The zero-order valence-electron chi connectivity index (χ0n) is 14.1. The van der Waals surface area contributed by atoms with Crippen LogP contribution in [0.3, 0.4) is 0 Å². The molecule has 0 aliphatic carbocycles. The Kier molecular flexibility index (Phi) is 6.24. The number of hydrogen-bond acceptors (Lipinski definition) is 4. The van der Waals surface area contributed by atoms with Crippen LogP contribution in [-0.4, -0.2) is 40.9 Å². The summed E-state index contributed by atoms with van der Waals surface area (Å²) in [7, 11) is -2.05. The van der Waals surface area contributed by atoms with E-state index in [1.807, 2.05) is 18.2 Å². The molecule has 0 aromatic heterocycles. The zero-order valence-corrected chi connectivity index (χ0v) is 14.9. The Bertz CT molecular complexity index is 810. The van der Waals surface area contributed by atoms with Crippen LogP contribution in [-0.2, 0) is 10.0 Å². The monoisotopic (exact) mass is 363 g/mol. The summed E-state index contributed by atoms with van der Waals surface area (Å²) >= 11 is 0. The highest BCUT2D eigenvalue weighted by Crippen LogP contribution is 2.28. The van der Waals surface area contributed by atoms with Crippen molar-refractivity contribution in [2.75, 3.05) is 36.1 Å². The molecule has 2 rings (SSSR count). The van der Waals surface area contributed by atoms with E-state index in [9.17, 15) is 13.2 Å². The van der Waals surface area contributed by atoms with Gasteiger partial charge in [0.15, 0.2) is 0 Å².